The molecule has 2 aromatic rings. The molecule has 1 aromatic carbocycles. The van der Waals surface area contributed by atoms with E-state index in [1.807, 2.05) is 6.07 Å². The van der Waals surface area contributed by atoms with Crippen molar-refractivity contribution < 1.29 is 19.4 Å². The first kappa shape index (κ1) is 17.1. The minimum absolute atomic E-state index is 0.0955. The van der Waals surface area contributed by atoms with E-state index in [9.17, 15) is 14.7 Å². The van der Waals surface area contributed by atoms with Crippen LogP contribution in [0, 0.1) is 0 Å². The van der Waals surface area contributed by atoms with Gasteiger partial charge < -0.3 is 20.1 Å². The Morgan fingerprint density at radius 2 is 2.09 bits per heavy atom. The number of carboxylic acids is 1. The summed E-state index contributed by atoms with van der Waals surface area (Å²) >= 11 is 6.18. The molecule has 1 atom stereocenters. The largest absolute Gasteiger partial charge is 0.480 e. The number of nitrogens with one attached hydrogen (secondary N) is 2. The van der Waals surface area contributed by atoms with Gasteiger partial charge in [0.05, 0.1) is 5.02 Å². The third kappa shape index (κ3) is 4.39. The van der Waals surface area contributed by atoms with E-state index < -0.39 is 23.7 Å². The number of halogens is 1. The van der Waals surface area contributed by atoms with E-state index in [-0.39, 0.29) is 6.42 Å². The van der Waals surface area contributed by atoms with Crippen LogP contribution in [0.2, 0.25) is 5.02 Å². The Labute approximate surface area is 138 Å². The Kier molecular flexibility index (Phi) is 4.85. The van der Waals surface area contributed by atoms with Gasteiger partial charge in [-0.25, -0.2) is 9.59 Å². The Morgan fingerprint density at radius 1 is 1.39 bits per heavy atom. The van der Waals surface area contributed by atoms with Crippen LogP contribution in [0.3, 0.4) is 0 Å². The maximum Gasteiger partial charge on any atom is 0.408 e. The maximum absolute atomic E-state index is 11.8. The molecule has 0 saturated carbocycles. The minimum atomic E-state index is -1.14. The molecule has 1 unspecified atom stereocenters. The molecule has 2 rings (SSSR count). The number of hydrogen-bond donors (Lipinski definition) is 3. The van der Waals surface area contributed by atoms with Crippen LogP contribution in [0.5, 0.6) is 0 Å². The van der Waals surface area contributed by atoms with E-state index in [4.69, 9.17) is 16.3 Å². The van der Waals surface area contributed by atoms with Crippen molar-refractivity contribution in [1.29, 1.82) is 0 Å². The van der Waals surface area contributed by atoms with Crippen molar-refractivity contribution in [3.05, 3.63) is 35.0 Å². The van der Waals surface area contributed by atoms with Gasteiger partial charge in [0.15, 0.2) is 0 Å². The summed E-state index contributed by atoms with van der Waals surface area (Å²) < 4.78 is 5.10. The number of aromatic amines is 1. The fourth-order valence-electron chi connectivity index (χ4n) is 2.24. The molecule has 124 valence electrons. The number of aliphatic carboxylic acids is 1. The van der Waals surface area contributed by atoms with Crippen LogP contribution in [0.15, 0.2) is 24.4 Å². The molecule has 1 aromatic heterocycles. The lowest BCUT2D eigenvalue weighted by molar-refractivity contribution is -0.139. The molecule has 0 aliphatic carbocycles. The number of ether oxygens (including phenoxy) is 1. The van der Waals surface area contributed by atoms with Crippen LogP contribution in [0.1, 0.15) is 26.3 Å². The maximum atomic E-state index is 11.8. The standard InChI is InChI=1S/C16H19ClN2O4/c1-16(2,3)23-15(22)19-12(14(20)21)7-9-8-18-11-6-4-5-10(17)13(9)11/h4-6,8,12,18H,7H2,1-3H3,(H,19,22)(H,20,21). The zero-order valence-electron chi connectivity index (χ0n) is 13.1. The molecule has 0 spiro atoms. The molecule has 7 heteroatoms. The number of aromatic nitrogens is 1. The number of rotatable bonds is 4. The van der Waals surface area contributed by atoms with Crippen molar-refractivity contribution in [2.24, 2.45) is 0 Å². The normalized spacial score (nSPS) is 12.9. The Balaban J connectivity index is 2.19. The van der Waals surface area contributed by atoms with Gasteiger partial charge in [-0.2, -0.15) is 0 Å². The second kappa shape index (κ2) is 6.50. The fraction of sp³-hybridized carbons (Fsp3) is 0.375. The number of benzene rings is 1. The molecule has 0 saturated heterocycles. The van der Waals surface area contributed by atoms with E-state index in [1.165, 1.54) is 0 Å². The second-order valence-electron chi connectivity index (χ2n) is 6.22. The predicted molar refractivity (Wildman–Crippen MR) is 87.8 cm³/mol. The quantitative estimate of drug-likeness (QED) is 0.797. The summed E-state index contributed by atoms with van der Waals surface area (Å²) in [5.41, 5.74) is 0.833. The van der Waals surface area contributed by atoms with Crippen LogP contribution in [-0.2, 0) is 16.0 Å². The number of H-pyrrole nitrogens is 1. The lowest BCUT2D eigenvalue weighted by Crippen LogP contribution is -2.44. The Bertz CT molecular complexity index is 733. The number of alkyl carbamates (subject to hydrolysis) is 1. The van der Waals surface area contributed by atoms with Gasteiger partial charge in [0.25, 0.3) is 0 Å². The first-order valence-electron chi connectivity index (χ1n) is 7.14. The zero-order valence-corrected chi connectivity index (χ0v) is 13.9. The smallest absolute Gasteiger partial charge is 0.408 e. The molecule has 0 aliphatic rings. The summed E-state index contributed by atoms with van der Waals surface area (Å²) in [5, 5.41) is 13.0. The molecule has 23 heavy (non-hydrogen) atoms. The van der Waals surface area contributed by atoms with Crippen molar-refractivity contribution in [2.45, 2.75) is 38.8 Å². The third-order valence-electron chi connectivity index (χ3n) is 3.15. The van der Waals surface area contributed by atoms with Gasteiger partial charge in [-0.3, -0.25) is 0 Å². The Hall–Kier alpha value is -2.21. The van der Waals surface area contributed by atoms with Gasteiger partial charge in [-0.05, 0) is 38.5 Å². The number of carboxylic acid groups (broad SMARTS) is 1. The van der Waals surface area contributed by atoms with Crippen molar-refractivity contribution in [3.63, 3.8) is 0 Å². The van der Waals surface area contributed by atoms with Gasteiger partial charge >= 0.3 is 12.1 Å². The molecule has 1 heterocycles. The van der Waals surface area contributed by atoms with Gasteiger partial charge in [-0.15, -0.1) is 0 Å². The molecule has 1 amide bonds. The van der Waals surface area contributed by atoms with E-state index >= 15 is 0 Å². The monoisotopic (exact) mass is 338 g/mol. The summed E-state index contributed by atoms with van der Waals surface area (Å²) in [6.45, 7) is 5.13. The topological polar surface area (TPSA) is 91.4 Å². The molecule has 6 nitrogen and oxygen atoms in total. The number of carbonyl (C=O) groups is 2. The number of amides is 1. The second-order valence-corrected chi connectivity index (χ2v) is 6.62. The Morgan fingerprint density at radius 3 is 2.70 bits per heavy atom. The van der Waals surface area contributed by atoms with Crippen molar-refractivity contribution in [3.8, 4) is 0 Å². The highest BCUT2D eigenvalue weighted by atomic mass is 35.5. The zero-order chi connectivity index (χ0) is 17.2. The summed E-state index contributed by atoms with van der Waals surface area (Å²) in [7, 11) is 0. The fourth-order valence-corrected chi connectivity index (χ4v) is 2.53. The van der Waals surface area contributed by atoms with Gasteiger partial charge in [0, 0.05) is 23.5 Å². The van der Waals surface area contributed by atoms with E-state index in [1.54, 1.807) is 39.1 Å². The lowest BCUT2D eigenvalue weighted by Gasteiger charge is -2.22. The van der Waals surface area contributed by atoms with Gasteiger partial charge in [0.1, 0.15) is 11.6 Å². The summed E-state index contributed by atoms with van der Waals surface area (Å²) in [5.74, 6) is -1.14. The summed E-state index contributed by atoms with van der Waals surface area (Å²) in [4.78, 5) is 26.3. The van der Waals surface area contributed by atoms with Crippen LogP contribution in [-0.4, -0.2) is 33.8 Å². The van der Waals surface area contributed by atoms with Crippen molar-refractivity contribution in [1.82, 2.24) is 10.3 Å². The van der Waals surface area contributed by atoms with E-state index in [0.29, 0.717) is 10.6 Å². The van der Waals surface area contributed by atoms with Crippen LogP contribution in [0.25, 0.3) is 10.9 Å². The molecule has 0 aliphatic heterocycles. The number of hydrogen-bond acceptors (Lipinski definition) is 3. The van der Waals surface area contributed by atoms with Gasteiger partial charge in [-0.1, -0.05) is 17.7 Å². The first-order valence-corrected chi connectivity index (χ1v) is 7.52. The minimum Gasteiger partial charge on any atom is -0.480 e. The highest BCUT2D eigenvalue weighted by molar-refractivity contribution is 6.35. The molecular formula is C16H19ClN2O4. The average Bonchev–Trinajstić information content (AvgIpc) is 2.80. The number of carbonyl (C=O) groups excluding carboxylic acids is 1. The predicted octanol–water partition coefficient (Wildman–Crippen LogP) is 3.34. The molecule has 0 bridgehead atoms. The van der Waals surface area contributed by atoms with Crippen LogP contribution >= 0.6 is 11.6 Å². The van der Waals surface area contributed by atoms with Crippen molar-refractivity contribution >= 4 is 34.6 Å². The third-order valence-corrected chi connectivity index (χ3v) is 3.46. The lowest BCUT2D eigenvalue weighted by atomic mass is 10.1. The molecule has 0 fully saturated rings. The van der Waals surface area contributed by atoms with Crippen LogP contribution in [0.4, 0.5) is 4.79 Å². The summed E-state index contributed by atoms with van der Waals surface area (Å²) in [6.07, 6.45) is 1.03. The number of fused-ring (bicyclic) bond motifs is 1. The molecule has 3 N–H and O–H groups in total. The SMILES string of the molecule is CC(C)(C)OC(=O)NC(Cc1c[nH]c2cccc(Cl)c12)C(=O)O. The van der Waals surface area contributed by atoms with Crippen molar-refractivity contribution in [2.75, 3.05) is 0 Å². The highest BCUT2D eigenvalue weighted by Crippen LogP contribution is 2.27. The highest BCUT2D eigenvalue weighted by Gasteiger charge is 2.25. The first-order chi connectivity index (χ1) is 10.7. The average molecular weight is 339 g/mol. The van der Waals surface area contributed by atoms with Gasteiger partial charge in [0.2, 0.25) is 0 Å². The van der Waals surface area contributed by atoms with E-state index in [0.717, 1.165) is 10.9 Å². The molecule has 0 radical (unpaired) electrons. The summed E-state index contributed by atoms with van der Waals surface area (Å²) in [6, 6.07) is 4.28. The van der Waals surface area contributed by atoms with E-state index in [2.05, 4.69) is 10.3 Å². The molecular weight excluding hydrogens is 320 g/mol. The van der Waals surface area contributed by atoms with Crippen LogP contribution < -0.4 is 5.32 Å².